The molecule has 2 aromatic rings. The van der Waals surface area contributed by atoms with Crippen molar-refractivity contribution < 1.29 is 17.0 Å². The normalized spacial score (nSPS) is 7.53. The van der Waals surface area contributed by atoms with E-state index in [0.29, 0.717) is 0 Å². The Morgan fingerprint density at radius 3 is 2.00 bits per heavy atom. The Bertz CT molecular complexity index is 397. The Morgan fingerprint density at radius 1 is 0.941 bits per heavy atom. The second kappa shape index (κ2) is 13.1. The third-order valence-corrected chi connectivity index (χ3v) is 1.74. The van der Waals surface area contributed by atoms with E-state index in [2.05, 4.69) is 32.2 Å². The van der Waals surface area contributed by atoms with Crippen molar-refractivity contribution in [2.75, 3.05) is 0 Å². The first-order valence-electron chi connectivity index (χ1n) is 5.86. The van der Waals surface area contributed by atoms with Crippen molar-refractivity contribution >= 4 is 16.1 Å². The second-order valence-corrected chi connectivity index (χ2v) is 2.48. The molecule has 17 heavy (non-hydrogen) atoms. The number of benzene rings is 1. The zero-order valence-electron chi connectivity index (χ0n) is 11.4. The number of fused-ring (bicyclic) bond motifs is 1. The maximum atomic E-state index is 4.13. The molecule has 0 aliphatic rings. The number of hydrogen-bond donors (Lipinski definition) is 0. The number of aromatic nitrogens is 2. The van der Waals surface area contributed by atoms with Crippen LogP contribution in [-0.2, 0) is 17.0 Å². The number of rotatable bonds is 0. The fourth-order valence-electron chi connectivity index (χ4n) is 1.14. The summed E-state index contributed by atoms with van der Waals surface area (Å²) in [6.45, 7) is 9.99. The van der Waals surface area contributed by atoms with Gasteiger partial charge >= 0.3 is 22.2 Å². The number of para-hydroxylation sites is 1. The Morgan fingerprint density at radius 2 is 1.47 bits per heavy atom. The van der Waals surface area contributed by atoms with Crippen molar-refractivity contribution in [3.05, 3.63) is 36.3 Å². The summed E-state index contributed by atoms with van der Waals surface area (Å²) in [7, 11) is 0. The van der Waals surface area contributed by atoms with E-state index in [0.717, 1.165) is 16.6 Å². The van der Waals surface area contributed by atoms with Gasteiger partial charge in [-0.2, -0.15) is 0 Å². The average Bonchev–Trinajstić information content (AvgIpc) is 2.46. The molecule has 0 atom stereocenters. The summed E-state index contributed by atoms with van der Waals surface area (Å²) in [5.74, 6) is 0. The summed E-state index contributed by atoms with van der Waals surface area (Å²) in [5, 5.41) is 4.32. The summed E-state index contributed by atoms with van der Waals surface area (Å²) < 4.78 is 0. The molecule has 0 aliphatic heterocycles. The maximum absolute atomic E-state index is 4.13. The molecule has 0 saturated heterocycles. The molecular weight excluding hydrogens is 247 g/mol. The van der Waals surface area contributed by atoms with Gasteiger partial charge < -0.3 is 0 Å². The summed E-state index contributed by atoms with van der Waals surface area (Å²) >= 11 is 2.06. The summed E-state index contributed by atoms with van der Waals surface area (Å²) in [6.07, 6.45) is 1.59. The molecule has 1 heterocycles. The van der Waals surface area contributed by atoms with Crippen molar-refractivity contribution in [2.45, 2.75) is 34.6 Å². The molecule has 2 nitrogen and oxygen atoms in total. The molecule has 0 unspecified atom stereocenters. The first kappa shape index (κ1) is 18.4. The monoisotopic (exact) mass is 269 g/mol. The minimum absolute atomic E-state index is 1.01. The number of hydrogen-bond acceptors (Lipinski definition) is 2. The zero-order valence-corrected chi connectivity index (χ0v) is 12.8. The molecule has 0 aliphatic carbocycles. The van der Waals surface area contributed by atoms with E-state index >= 15 is 0 Å². The van der Waals surface area contributed by atoms with Gasteiger partial charge in [-0.05, 0) is 13.0 Å². The van der Waals surface area contributed by atoms with Crippen LogP contribution in [0.1, 0.15) is 33.4 Å². The van der Waals surface area contributed by atoms with Gasteiger partial charge in [0.2, 0.25) is 0 Å². The standard InChI is InChI=1S/C9H8N2.2C2H6.CH2.V/c1-7-8-4-2-3-5-9(8)11-6-10-7;2*1-2;;/h2-6H,1H3;2*1-2H3;1H2;. The van der Waals surface area contributed by atoms with Gasteiger partial charge in [-0.15, -0.1) is 0 Å². The molecule has 1 aromatic carbocycles. The fraction of sp³-hybridized carbons (Fsp3) is 0.357. The van der Waals surface area contributed by atoms with Crippen LogP contribution in [0.4, 0.5) is 0 Å². The van der Waals surface area contributed by atoms with Crippen LogP contribution in [0.15, 0.2) is 30.6 Å². The molecular formula is C14H22N2V. The fourth-order valence-corrected chi connectivity index (χ4v) is 1.14. The van der Waals surface area contributed by atoms with E-state index in [1.165, 1.54) is 0 Å². The van der Waals surface area contributed by atoms with Crippen molar-refractivity contribution in [1.82, 2.24) is 9.97 Å². The summed E-state index contributed by atoms with van der Waals surface area (Å²) in [5.41, 5.74) is 2.05. The van der Waals surface area contributed by atoms with Crippen LogP contribution in [0, 0.1) is 6.92 Å². The van der Waals surface area contributed by atoms with Crippen LogP contribution in [0.25, 0.3) is 10.9 Å². The molecule has 0 fully saturated rings. The van der Waals surface area contributed by atoms with E-state index in [9.17, 15) is 0 Å². The van der Waals surface area contributed by atoms with Crippen LogP contribution in [-0.4, -0.2) is 15.2 Å². The van der Waals surface area contributed by atoms with Gasteiger partial charge in [0, 0.05) is 11.1 Å². The van der Waals surface area contributed by atoms with E-state index in [1.807, 2.05) is 58.9 Å². The number of nitrogens with zero attached hydrogens (tertiary/aromatic N) is 2. The quantitative estimate of drug-likeness (QED) is 0.723. The number of aryl methyl sites for hydroxylation is 1. The zero-order chi connectivity index (χ0) is 13.7. The van der Waals surface area contributed by atoms with Crippen molar-refractivity contribution in [3.8, 4) is 0 Å². The summed E-state index contributed by atoms with van der Waals surface area (Å²) in [4.78, 5) is 8.23. The molecule has 93 valence electrons. The van der Waals surface area contributed by atoms with Crippen LogP contribution >= 0.6 is 0 Å². The van der Waals surface area contributed by atoms with Crippen LogP contribution in [0.3, 0.4) is 0 Å². The molecule has 2 rings (SSSR count). The van der Waals surface area contributed by atoms with E-state index in [1.54, 1.807) is 6.33 Å². The predicted molar refractivity (Wildman–Crippen MR) is 74.1 cm³/mol. The second-order valence-electron chi connectivity index (χ2n) is 2.48. The summed E-state index contributed by atoms with van der Waals surface area (Å²) in [6, 6.07) is 8.00. The van der Waals surface area contributed by atoms with E-state index in [4.69, 9.17) is 0 Å². The molecule has 0 spiro atoms. The Balaban J connectivity index is 0. The van der Waals surface area contributed by atoms with Crippen LogP contribution < -0.4 is 0 Å². The SMILES string of the molecule is CC.CC.Cc1ncnc2ccccc12.[CH2]=[V]. The van der Waals surface area contributed by atoms with Gasteiger partial charge in [0.05, 0.1) is 5.52 Å². The molecule has 0 radical (unpaired) electrons. The first-order valence-corrected chi connectivity index (χ1v) is 6.84. The van der Waals surface area contributed by atoms with Gasteiger partial charge in [-0.3, -0.25) is 0 Å². The van der Waals surface area contributed by atoms with Gasteiger partial charge in [-0.1, -0.05) is 45.9 Å². The Kier molecular flexibility index (Phi) is 14.1. The first-order chi connectivity index (χ1) is 8.38. The molecule has 3 heteroatoms. The van der Waals surface area contributed by atoms with Crippen LogP contribution in [0.2, 0.25) is 0 Å². The third kappa shape index (κ3) is 6.35. The van der Waals surface area contributed by atoms with Crippen molar-refractivity contribution in [2.24, 2.45) is 0 Å². The van der Waals surface area contributed by atoms with Gasteiger partial charge in [-0.25, -0.2) is 9.97 Å². The van der Waals surface area contributed by atoms with Gasteiger partial charge in [0.15, 0.2) is 0 Å². The Labute approximate surface area is 114 Å². The minimum atomic E-state index is 1.01. The molecule has 0 amide bonds. The molecule has 0 N–H and O–H groups in total. The van der Waals surface area contributed by atoms with E-state index in [-0.39, 0.29) is 0 Å². The predicted octanol–water partition coefficient (Wildman–Crippen LogP) is 3.96. The van der Waals surface area contributed by atoms with Crippen molar-refractivity contribution in [1.29, 1.82) is 0 Å². The molecule has 0 bridgehead atoms. The molecule has 1 aromatic heterocycles. The Hall–Kier alpha value is -0.986. The van der Waals surface area contributed by atoms with Crippen molar-refractivity contribution in [3.63, 3.8) is 0 Å². The van der Waals surface area contributed by atoms with Gasteiger partial charge in [0.25, 0.3) is 0 Å². The molecule has 0 saturated carbocycles. The third-order valence-electron chi connectivity index (χ3n) is 1.74. The average molecular weight is 269 g/mol. The topological polar surface area (TPSA) is 25.8 Å². The van der Waals surface area contributed by atoms with Crippen LogP contribution in [0.5, 0.6) is 0 Å². The van der Waals surface area contributed by atoms with E-state index < -0.39 is 0 Å². The van der Waals surface area contributed by atoms with Gasteiger partial charge in [0.1, 0.15) is 6.33 Å².